The molecule has 14 heteroatoms. The van der Waals surface area contributed by atoms with Crippen molar-refractivity contribution >= 4 is 70.2 Å². The molecular weight excluding hydrogens is 631 g/mol. The number of aromatic hydroxyl groups is 1. The summed E-state index contributed by atoms with van der Waals surface area (Å²) in [6.45, 7) is 0. The molecule has 6 aromatic rings. The predicted octanol–water partition coefficient (Wildman–Crippen LogP) is 8.13. The van der Waals surface area contributed by atoms with Crippen LogP contribution in [0.2, 0.25) is 0 Å². The van der Waals surface area contributed by atoms with Crippen LogP contribution in [0.25, 0.3) is 21.5 Å². The van der Waals surface area contributed by atoms with Crippen molar-refractivity contribution in [3.63, 3.8) is 0 Å². The number of benzene rings is 6. The summed E-state index contributed by atoms with van der Waals surface area (Å²) < 4.78 is 66.8. The van der Waals surface area contributed by atoms with Crippen molar-refractivity contribution < 1.29 is 30.7 Å². The van der Waals surface area contributed by atoms with E-state index in [2.05, 4.69) is 20.5 Å². The quantitative estimate of drug-likeness (QED) is 0.0634. The van der Waals surface area contributed by atoms with Crippen molar-refractivity contribution in [1.29, 1.82) is 0 Å². The Labute approximate surface area is 263 Å². The van der Waals surface area contributed by atoms with Gasteiger partial charge in [-0.15, -0.1) is 15.3 Å². The van der Waals surface area contributed by atoms with Gasteiger partial charge in [-0.25, -0.2) is 0 Å². The molecule has 4 N–H and O–H groups in total. The molecule has 230 valence electrons. The molecule has 46 heavy (non-hydrogen) atoms. The number of nitrogen functional groups attached to an aromatic ring is 1. The van der Waals surface area contributed by atoms with E-state index in [1.807, 2.05) is 0 Å². The second-order valence-electron chi connectivity index (χ2n) is 9.88. The van der Waals surface area contributed by atoms with Crippen LogP contribution in [-0.2, 0) is 20.2 Å². The van der Waals surface area contributed by atoms with Crippen LogP contribution >= 0.6 is 0 Å². The summed E-state index contributed by atoms with van der Waals surface area (Å²) in [6.07, 6.45) is 0. The summed E-state index contributed by atoms with van der Waals surface area (Å²) >= 11 is 0. The van der Waals surface area contributed by atoms with Gasteiger partial charge in [-0.2, -0.15) is 21.9 Å². The van der Waals surface area contributed by atoms with Gasteiger partial charge < -0.3 is 15.0 Å². The molecule has 0 atom stereocenters. The van der Waals surface area contributed by atoms with Crippen LogP contribution in [0.4, 0.5) is 28.4 Å². The van der Waals surface area contributed by atoms with Gasteiger partial charge in [0, 0.05) is 16.8 Å². The molecule has 0 heterocycles. The number of fused-ring (bicyclic) bond motifs is 2. The van der Waals surface area contributed by atoms with Crippen LogP contribution in [0.1, 0.15) is 0 Å². The number of hydrogen-bond donors (Lipinski definition) is 3. The van der Waals surface area contributed by atoms with Gasteiger partial charge in [-0.3, -0.25) is 4.55 Å². The molecule has 0 radical (unpaired) electrons. The lowest BCUT2D eigenvalue weighted by Gasteiger charge is -2.14. The zero-order valence-electron chi connectivity index (χ0n) is 23.6. The van der Waals surface area contributed by atoms with Crippen LogP contribution in [0.3, 0.4) is 0 Å². The first-order valence-electron chi connectivity index (χ1n) is 13.5. The Bertz CT molecular complexity index is 2400. The molecule has 12 nitrogen and oxygen atoms in total. The number of azo groups is 2. The minimum atomic E-state index is -4.86. The predicted molar refractivity (Wildman–Crippen MR) is 173 cm³/mol. The molecule has 0 aromatic heterocycles. The smallest absolute Gasteiger partial charge is 0.339 e. The van der Waals surface area contributed by atoms with Crippen LogP contribution in [-0.4, -0.2) is 26.5 Å². The summed E-state index contributed by atoms with van der Waals surface area (Å²) in [5.41, 5.74) is 7.31. The molecule has 0 amide bonds. The van der Waals surface area contributed by atoms with Crippen molar-refractivity contribution in [2.45, 2.75) is 9.79 Å². The number of rotatable bonds is 8. The standard InChI is InChI=1S/C32H23N5O7S2/c33-32-27(15-14-20-8-7-13-28(38)30(20)32)37-36-26-17-16-25(35-34-21-9-3-1-4-10-21)24-18-23(45(39,40)41)19-29(31(24)26)44-46(42,43)22-11-5-2-6-12-22/h1-19,38H,33H2,(H,39,40,41). The lowest BCUT2D eigenvalue weighted by atomic mass is 10.1. The maximum absolute atomic E-state index is 13.3. The average molecular weight is 654 g/mol. The molecule has 0 spiro atoms. The zero-order chi connectivity index (χ0) is 32.5. The molecule has 0 bridgehead atoms. The fourth-order valence-corrected chi connectivity index (χ4v) is 6.18. The van der Waals surface area contributed by atoms with Crippen LogP contribution in [0, 0.1) is 0 Å². The monoisotopic (exact) mass is 653 g/mol. The molecule has 0 saturated heterocycles. The molecule has 0 fully saturated rings. The maximum atomic E-state index is 13.3. The van der Waals surface area contributed by atoms with E-state index in [1.54, 1.807) is 60.7 Å². The highest BCUT2D eigenvalue weighted by Crippen LogP contribution is 2.44. The van der Waals surface area contributed by atoms with Gasteiger partial charge in [-0.05, 0) is 60.0 Å². The molecule has 0 aliphatic rings. The fourth-order valence-electron chi connectivity index (χ4n) is 4.70. The zero-order valence-corrected chi connectivity index (χ0v) is 25.2. The largest absolute Gasteiger partial charge is 0.507 e. The number of anilines is 1. The summed E-state index contributed by atoms with van der Waals surface area (Å²) in [5, 5.41) is 28.5. The normalized spacial score (nSPS) is 12.4. The van der Waals surface area contributed by atoms with Crippen molar-refractivity contribution in [3.05, 3.63) is 115 Å². The van der Waals surface area contributed by atoms with Gasteiger partial charge >= 0.3 is 10.1 Å². The van der Waals surface area contributed by atoms with E-state index in [0.717, 1.165) is 12.1 Å². The number of nitrogens with two attached hydrogens (primary N) is 1. The Hall–Kier alpha value is -5.70. The van der Waals surface area contributed by atoms with E-state index in [9.17, 15) is 26.5 Å². The third-order valence-electron chi connectivity index (χ3n) is 6.87. The highest BCUT2D eigenvalue weighted by molar-refractivity contribution is 7.87. The molecule has 0 aliphatic heterocycles. The summed E-state index contributed by atoms with van der Waals surface area (Å²) in [4.78, 5) is -0.856. The lowest BCUT2D eigenvalue weighted by Crippen LogP contribution is -2.10. The Morgan fingerprint density at radius 2 is 1.24 bits per heavy atom. The third-order valence-corrected chi connectivity index (χ3v) is 8.95. The second kappa shape index (κ2) is 12.0. The summed E-state index contributed by atoms with van der Waals surface area (Å²) in [7, 11) is -9.37. The Balaban J connectivity index is 1.59. The first-order chi connectivity index (χ1) is 22.0. The number of phenolic OH excluding ortho intramolecular Hbond substituents is 1. The SMILES string of the molecule is Nc1c(N=Nc2ccc(N=Nc3ccccc3)c3cc(S(=O)(=O)O)cc(OS(=O)(=O)c4ccccc4)c23)ccc2cccc(O)c12. The third kappa shape index (κ3) is 6.12. The van der Waals surface area contributed by atoms with Gasteiger partial charge in [0.1, 0.15) is 16.3 Å². The Morgan fingerprint density at radius 3 is 1.96 bits per heavy atom. The van der Waals surface area contributed by atoms with Crippen LogP contribution in [0.15, 0.2) is 146 Å². The first-order valence-corrected chi connectivity index (χ1v) is 16.3. The molecule has 0 saturated carbocycles. The van der Waals surface area contributed by atoms with Crippen molar-refractivity contribution in [1.82, 2.24) is 0 Å². The molecule has 6 rings (SSSR count). The van der Waals surface area contributed by atoms with E-state index < -0.39 is 30.9 Å². The average Bonchev–Trinajstić information content (AvgIpc) is 3.04. The lowest BCUT2D eigenvalue weighted by molar-refractivity contribution is 0.477. The molecule has 0 unspecified atom stereocenters. The van der Waals surface area contributed by atoms with E-state index >= 15 is 0 Å². The number of phenols is 1. The number of nitrogens with zero attached hydrogens (tertiary/aromatic N) is 4. The first kappa shape index (κ1) is 30.3. The van der Waals surface area contributed by atoms with E-state index in [4.69, 9.17) is 9.92 Å². The topological polar surface area (TPSA) is 193 Å². The van der Waals surface area contributed by atoms with Crippen molar-refractivity contribution in [2.24, 2.45) is 20.5 Å². The van der Waals surface area contributed by atoms with E-state index in [1.165, 1.54) is 42.5 Å². The Morgan fingerprint density at radius 1 is 0.609 bits per heavy atom. The van der Waals surface area contributed by atoms with Gasteiger partial charge in [0.2, 0.25) is 0 Å². The van der Waals surface area contributed by atoms with Crippen LogP contribution in [0.5, 0.6) is 11.5 Å². The minimum absolute atomic E-state index is 0.00220. The highest BCUT2D eigenvalue weighted by atomic mass is 32.2. The van der Waals surface area contributed by atoms with Gasteiger partial charge in [0.05, 0.1) is 33.0 Å². The van der Waals surface area contributed by atoms with Crippen molar-refractivity contribution in [3.8, 4) is 11.5 Å². The molecule has 6 aromatic carbocycles. The van der Waals surface area contributed by atoms with Crippen molar-refractivity contribution in [2.75, 3.05) is 5.73 Å². The van der Waals surface area contributed by atoms with E-state index in [-0.39, 0.29) is 44.2 Å². The van der Waals surface area contributed by atoms with Gasteiger partial charge in [0.15, 0.2) is 5.75 Å². The van der Waals surface area contributed by atoms with Gasteiger partial charge in [0.25, 0.3) is 10.1 Å². The molecular formula is C32H23N5O7S2. The summed E-state index contributed by atoms with van der Waals surface area (Å²) in [6, 6.07) is 29.1. The second-order valence-corrected chi connectivity index (χ2v) is 12.9. The Kier molecular flexibility index (Phi) is 7.92. The number of hydrogen-bond acceptors (Lipinski definition) is 11. The molecule has 0 aliphatic carbocycles. The fraction of sp³-hybridized carbons (Fsp3) is 0. The highest BCUT2D eigenvalue weighted by Gasteiger charge is 2.24. The summed E-state index contributed by atoms with van der Waals surface area (Å²) in [5.74, 6) is -0.519. The maximum Gasteiger partial charge on any atom is 0.339 e. The van der Waals surface area contributed by atoms with E-state index in [0.29, 0.717) is 16.5 Å². The minimum Gasteiger partial charge on any atom is -0.507 e. The van der Waals surface area contributed by atoms with Gasteiger partial charge in [-0.1, -0.05) is 54.6 Å². The van der Waals surface area contributed by atoms with Crippen LogP contribution < -0.4 is 9.92 Å².